The molecule has 3 heterocycles. The summed E-state index contributed by atoms with van der Waals surface area (Å²) in [5.74, 6) is 1.35. The van der Waals surface area contributed by atoms with Crippen LogP contribution in [0.3, 0.4) is 0 Å². The second-order valence-corrected chi connectivity index (χ2v) is 5.00. The van der Waals surface area contributed by atoms with Gasteiger partial charge in [0, 0.05) is 19.7 Å². The van der Waals surface area contributed by atoms with Gasteiger partial charge in [0.25, 0.3) is 5.95 Å². The molecule has 0 aliphatic carbocycles. The summed E-state index contributed by atoms with van der Waals surface area (Å²) >= 11 is 5.95. The number of hydrogen-bond acceptors (Lipinski definition) is 7. The summed E-state index contributed by atoms with van der Waals surface area (Å²) < 4.78 is 1.44. The molecule has 1 saturated heterocycles. The zero-order chi connectivity index (χ0) is 13.9. The van der Waals surface area contributed by atoms with Gasteiger partial charge in [0.1, 0.15) is 12.7 Å². The first-order valence-electron chi connectivity index (χ1n) is 6.38. The Bertz CT molecular complexity index is 576. The lowest BCUT2D eigenvalue weighted by Gasteiger charge is -2.16. The van der Waals surface area contributed by atoms with Crippen LogP contribution in [0.2, 0.25) is 5.28 Å². The minimum Gasteiger partial charge on any atom is -0.396 e. The Balaban J connectivity index is 1.84. The summed E-state index contributed by atoms with van der Waals surface area (Å²) in [6.07, 6.45) is 4.73. The highest BCUT2D eigenvalue weighted by Crippen LogP contribution is 2.23. The van der Waals surface area contributed by atoms with Crippen LogP contribution in [-0.4, -0.2) is 54.5 Å². The molecule has 3 rings (SSSR count). The maximum Gasteiger partial charge on any atom is 0.258 e. The summed E-state index contributed by atoms with van der Waals surface area (Å²) in [5, 5.41) is 13.1. The summed E-state index contributed by atoms with van der Waals surface area (Å²) in [7, 11) is 0. The van der Waals surface area contributed by atoms with Crippen molar-refractivity contribution in [2.75, 3.05) is 24.6 Å². The van der Waals surface area contributed by atoms with Crippen LogP contribution in [-0.2, 0) is 0 Å². The van der Waals surface area contributed by atoms with E-state index in [2.05, 4.69) is 25.0 Å². The van der Waals surface area contributed by atoms with Crippen molar-refractivity contribution in [3.63, 3.8) is 0 Å². The first-order chi connectivity index (χ1) is 9.76. The highest BCUT2D eigenvalue weighted by atomic mass is 35.5. The third-order valence-electron chi connectivity index (χ3n) is 3.31. The number of halogens is 1. The number of nitrogens with zero attached hydrogens (tertiary/aromatic N) is 7. The Morgan fingerprint density at radius 1 is 1.30 bits per heavy atom. The first-order valence-corrected chi connectivity index (χ1v) is 6.76. The molecule has 9 heteroatoms. The maximum absolute atomic E-state index is 9.00. The molecule has 20 heavy (non-hydrogen) atoms. The predicted molar refractivity (Wildman–Crippen MR) is 71.8 cm³/mol. The minimum atomic E-state index is 0.131. The van der Waals surface area contributed by atoms with E-state index in [1.54, 1.807) is 0 Å². The van der Waals surface area contributed by atoms with E-state index in [9.17, 15) is 0 Å². The lowest BCUT2D eigenvalue weighted by atomic mass is 10.1. The SMILES string of the molecule is OCCC1CCN(c2nc(Cl)nc(-n3cncn3)n2)C1. The summed E-state index contributed by atoms with van der Waals surface area (Å²) in [5.41, 5.74) is 0. The number of rotatable bonds is 4. The van der Waals surface area contributed by atoms with E-state index >= 15 is 0 Å². The fourth-order valence-electron chi connectivity index (χ4n) is 2.32. The number of aliphatic hydroxyl groups excluding tert-OH is 1. The van der Waals surface area contributed by atoms with Gasteiger partial charge in [0.15, 0.2) is 0 Å². The Morgan fingerprint density at radius 2 is 2.15 bits per heavy atom. The molecule has 0 amide bonds. The zero-order valence-corrected chi connectivity index (χ0v) is 11.5. The van der Waals surface area contributed by atoms with E-state index in [1.165, 1.54) is 17.3 Å². The van der Waals surface area contributed by atoms with Gasteiger partial charge in [-0.05, 0) is 30.4 Å². The molecular weight excluding hydrogens is 282 g/mol. The Hall–Kier alpha value is -1.80. The van der Waals surface area contributed by atoms with Gasteiger partial charge in [-0.1, -0.05) is 0 Å². The van der Waals surface area contributed by atoms with Crippen LogP contribution in [0.1, 0.15) is 12.8 Å². The Kier molecular flexibility index (Phi) is 3.75. The molecule has 2 aromatic rings. The van der Waals surface area contributed by atoms with Gasteiger partial charge in [0.2, 0.25) is 11.2 Å². The third kappa shape index (κ3) is 2.70. The normalized spacial score (nSPS) is 18.7. The number of anilines is 1. The molecule has 0 saturated carbocycles. The quantitative estimate of drug-likeness (QED) is 0.868. The van der Waals surface area contributed by atoms with Gasteiger partial charge in [-0.3, -0.25) is 0 Å². The van der Waals surface area contributed by atoms with Gasteiger partial charge in [-0.2, -0.15) is 24.7 Å². The topological polar surface area (TPSA) is 92.8 Å². The largest absolute Gasteiger partial charge is 0.396 e. The van der Waals surface area contributed by atoms with Crippen LogP contribution in [0.25, 0.3) is 5.95 Å². The monoisotopic (exact) mass is 295 g/mol. The van der Waals surface area contributed by atoms with Gasteiger partial charge < -0.3 is 10.0 Å². The summed E-state index contributed by atoms with van der Waals surface area (Å²) in [6, 6.07) is 0. The molecule has 0 radical (unpaired) electrons. The molecule has 1 N–H and O–H groups in total. The van der Waals surface area contributed by atoms with Crippen molar-refractivity contribution in [2.45, 2.75) is 12.8 Å². The van der Waals surface area contributed by atoms with Crippen LogP contribution >= 0.6 is 11.6 Å². The lowest BCUT2D eigenvalue weighted by Crippen LogP contribution is -2.23. The van der Waals surface area contributed by atoms with Crippen molar-refractivity contribution < 1.29 is 5.11 Å². The molecule has 1 aliphatic rings. The average molecular weight is 296 g/mol. The van der Waals surface area contributed by atoms with E-state index in [-0.39, 0.29) is 11.9 Å². The van der Waals surface area contributed by atoms with Crippen molar-refractivity contribution in [3.8, 4) is 5.95 Å². The molecule has 0 aromatic carbocycles. The van der Waals surface area contributed by atoms with Crippen LogP contribution in [0.5, 0.6) is 0 Å². The highest BCUT2D eigenvalue weighted by molar-refractivity contribution is 6.28. The van der Waals surface area contributed by atoms with Crippen LogP contribution in [0.4, 0.5) is 5.95 Å². The minimum absolute atomic E-state index is 0.131. The summed E-state index contributed by atoms with van der Waals surface area (Å²) in [4.78, 5) is 18.5. The molecule has 1 fully saturated rings. The van der Waals surface area contributed by atoms with Crippen molar-refractivity contribution in [2.24, 2.45) is 5.92 Å². The molecule has 106 valence electrons. The maximum atomic E-state index is 9.00. The second kappa shape index (κ2) is 5.68. The van der Waals surface area contributed by atoms with E-state index < -0.39 is 0 Å². The van der Waals surface area contributed by atoms with Crippen LogP contribution < -0.4 is 4.90 Å². The van der Waals surface area contributed by atoms with E-state index in [4.69, 9.17) is 16.7 Å². The molecular formula is C11H14ClN7O. The number of hydrogen-bond donors (Lipinski definition) is 1. The van der Waals surface area contributed by atoms with Gasteiger partial charge in [-0.15, -0.1) is 0 Å². The molecule has 0 spiro atoms. The fraction of sp³-hybridized carbons (Fsp3) is 0.545. The Morgan fingerprint density at radius 3 is 2.90 bits per heavy atom. The standard InChI is InChI=1S/C11H14ClN7O/c12-9-15-10(18-3-1-8(5-18)2-4-20)17-11(16-9)19-7-13-6-14-19/h6-8,20H,1-5H2. The van der Waals surface area contributed by atoms with E-state index in [0.29, 0.717) is 17.8 Å². The molecule has 0 bridgehead atoms. The smallest absolute Gasteiger partial charge is 0.258 e. The van der Waals surface area contributed by atoms with Gasteiger partial charge >= 0.3 is 0 Å². The van der Waals surface area contributed by atoms with Crippen LogP contribution in [0.15, 0.2) is 12.7 Å². The number of aliphatic hydroxyl groups is 1. The third-order valence-corrected chi connectivity index (χ3v) is 3.48. The van der Waals surface area contributed by atoms with Crippen molar-refractivity contribution in [1.82, 2.24) is 29.7 Å². The van der Waals surface area contributed by atoms with Crippen molar-refractivity contribution >= 4 is 17.5 Å². The molecule has 1 unspecified atom stereocenters. The van der Waals surface area contributed by atoms with Crippen molar-refractivity contribution in [3.05, 3.63) is 17.9 Å². The van der Waals surface area contributed by atoms with Gasteiger partial charge in [0.05, 0.1) is 0 Å². The predicted octanol–water partition coefficient (Wildman–Crippen LogP) is 0.314. The highest BCUT2D eigenvalue weighted by Gasteiger charge is 2.25. The Labute approximate surface area is 120 Å². The van der Waals surface area contributed by atoms with E-state index in [0.717, 1.165) is 25.9 Å². The van der Waals surface area contributed by atoms with Crippen LogP contribution in [0, 0.1) is 5.92 Å². The molecule has 8 nitrogen and oxygen atoms in total. The average Bonchev–Trinajstić information content (AvgIpc) is 3.09. The second-order valence-electron chi connectivity index (χ2n) is 4.66. The first kappa shape index (κ1) is 13.2. The molecule has 1 aliphatic heterocycles. The molecule has 2 aromatic heterocycles. The van der Waals surface area contributed by atoms with Gasteiger partial charge in [-0.25, -0.2) is 4.98 Å². The fourth-order valence-corrected chi connectivity index (χ4v) is 2.47. The summed E-state index contributed by atoms with van der Waals surface area (Å²) in [6.45, 7) is 1.88. The van der Waals surface area contributed by atoms with E-state index in [1.807, 2.05) is 4.90 Å². The zero-order valence-electron chi connectivity index (χ0n) is 10.7. The lowest BCUT2D eigenvalue weighted by molar-refractivity contribution is 0.263. The molecule has 1 atom stereocenters. The van der Waals surface area contributed by atoms with Crippen molar-refractivity contribution in [1.29, 1.82) is 0 Å². The number of aromatic nitrogens is 6.